The van der Waals surface area contributed by atoms with Crippen molar-refractivity contribution in [3.63, 3.8) is 0 Å². The Morgan fingerprint density at radius 3 is 2.22 bits per heavy atom. The number of rotatable bonds is 2. The second kappa shape index (κ2) is 5.36. The van der Waals surface area contributed by atoms with E-state index in [2.05, 4.69) is 5.32 Å². The van der Waals surface area contributed by atoms with E-state index in [1.165, 1.54) is 4.90 Å². The summed E-state index contributed by atoms with van der Waals surface area (Å²) in [5, 5.41) is 2.90. The molecular weight excluding hydrogens is 224 g/mol. The second-order valence-corrected chi connectivity index (χ2v) is 4.24. The summed E-state index contributed by atoms with van der Waals surface area (Å²) in [6.45, 7) is 0. The lowest BCUT2D eigenvalue weighted by atomic mass is 10.0. The fourth-order valence-corrected chi connectivity index (χ4v) is 1.69. The van der Waals surface area contributed by atoms with Crippen LogP contribution in [0.3, 0.4) is 0 Å². The molecule has 0 aliphatic rings. The summed E-state index contributed by atoms with van der Waals surface area (Å²) in [5.41, 5.74) is 2.93. The summed E-state index contributed by atoms with van der Waals surface area (Å²) in [7, 11) is 3.45. The number of para-hydroxylation sites is 1. The number of nitrogens with one attached hydrogen (secondary N) is 1. The molecular formula is C15H16N2O. The van der Waals surface area contributed by atoms with E-state index < -0.39 is 0 Å². The van der Waals surface area contributed by atoms with E-state index in [0.717, 1.165) is 16.8 Å². The van der Waals surface area contributed by atoms with Crippen LogP contribution in [-0.4, -0.2) is 25.0 Å². The van der Waals surface area contributed by atoms with Crippen molar-refractivity contribution < 1.29 is 4.79 Å². The van der Waals surface area contributed by atoms with Gasteiger partial charge in [0, 0.05) is 19.7 Å². The van der Waals surface area contributed by atoms with E-state index >= 15 is 0 Å². The molecule has 2 amide bonds. The van der Waals surface area contributed by atoms with E-state index in [-0.39, 0.29) is 6.03 Å². The van der Waals surface area contributed by atoms with Crippen LogP contribution in [0.25, 0.3) is 11.1 Å². The third-order valence-corrected chi connectivity index (χ3v) is 2.66. The molecule has 0 unspecified atom stereocenters. The lowest BCUT2D eigenvalue weighted by Crippen LogP contribution is -2.27. The molecule has 18 heavy (non-hydrogen) atoms. The number of carbonyl (C=O) groups excluding carboxylic acids is 1. The minimum Gasteiger partial charge on any atom is -0.331 e. The second-order valence-electron chi connectivity index (χ2n) is 4.24. The van der Waals surface area contributed by atoms with Gasteiger partial charge in [0.05, 0.1) is 5.69 Å². The maximum atomic E-state index is 11.7. The van der Waals surface area contributed by atoms with Crippen molar-refractivity contribution in [2.24, 2.45) is 0 Å². The smallest absolute Gasteiger partial charge is 0.321 e. The first-order chi connectivity index (χ1) is 8.68. The van der Waals surface area contributed by atoms with Gasteiger partial charge in [-0.05, 0) is 11.6 Å². The Morgan fingerprint density at radius 2 is 1.56 bits per heavy atom. The molecule has 3 heteroatoms. The van der Waals surface area contributed by atoms with E-state index in [1.54, 1.807) is 14.1 Å². The van der Waals surface area contributed by atoms with E-state index in [4.69, 9.17) is 0 Å². The summed E-state index contributed by atoms with van der Waals surface area (Å²) >= 11 is 0. The van der Waals surface area contributed by atoms with Crippen LogP contribution in [0.1, 0.15) is 0 Å². The minimum atomic E-state index is -0.126. The van der Waals surface area contributed by atoms with Gasteiger partial charge >= 0.3 is 6.03 Å². The fraction of sp³-hybridized carbons (Fsp3) is 0.133. The van der Waals surface area contributed by atoms with Gasteiger partial charge in [-0.1, -0.05) is 48.5 Å². The molecule has 2 aromatic carbocycles. The molecule has 0 saturated carbocycles. The molecule has 2 aromatic rings. The first-order valence-electron chi connectivity index (χ1n) is 5.81. The molecule has 0 aliphatic carbocycles. The molecule has 0 atom stereocenters. The van der Waals surface area contributed by atoms with E-state index in [1.807, 2.05) is 54.6 Å². The molecule has 92 valence electrons. The van der Waals surface area contributed by atoms with Crippen molar-refractivity contribution in [1.82, 2.24) is 4.90 Å². The maximum Gasteiger partial charge on any atom is 0.321 e. The van der Waals surface area contributed by atoms with Gasteiger partial charge in [-0.3, -0.25) is 0 Å². The third-order valence-electron chi connectivity index (χ3n) is 2.66. The zero-order chi connectivity index (χ0) is 13.0. The van der Waals surface area contributed by atoms with Gasteiger partial charge < -0.3 is 10.2 Å². The highest BCUT2D eigenvalue weighted by molar-refractivity contribution is 5.94. The molecule has 3 nitrogen and oxygen atoms in total. The monoisotopic (exact) mass is 240 g/mol. The minimum absolute atomic E-state index is 0.126. The van der Waals surface area contributed by atoms with Gasteiger partial charge in [0.15, 0.2) is 0 Å². The molecule has 0 heterocycles. The Morgan fingerprint density at radius 1 is 0.944 bits per heavy atom. The molecule has 0 bridgehead atoms. The molecule has 0 fully saturated rings. The molecule has 0 aromatic heterocycles. The average Bonchev–Trinajstić information content (AvgIpc) is 2.40. The number of anilines is 1. The van der Waals surface area contributed by atoms with Crippen LogP contribution in [0, 0.1) is 0 Å². The Kier molecular flexibility index (Phi) is 3.63. The van der Waals surface area contributed by atoms with Gasteiger partial charge in [-0.15, -0.1) is 0 Å². The largest absolute Gasteiger partial charge is 0.331 e. The zero-order valence-corrected chi connectivity index (χ0v) is 10.6. The van der Waals surface area contributed by atoms with Crippen LogP contribution in [0.2, 0.25) is 0 Å². The van der Waals surface area contributed by atoms with Crippen LogP contribution >= 0.6 is 0 Å². The number of urea groups is 1. The summed E-state index contributed by atoms with van der Waals surface area (Å²) in [4.78, 5) is 13.2. The third kappa shape index (κ3) is 2.69. The molecule has 0 radical (unpaired) electrons. The Balaban J connectivity index is 2.35. The lowest BCUT2D eigenvalue weighted by Gasteiger charge is -2.15. The number of hydrogen-bond acceptors (Lipinski definition) is 1. The summed E-state index contributed by atoms with van der Waals surface area (Å²) in [6, 6.07) is 17.7. The summed E-state index contributed by atoms with van der Waals surface area (Å²) < 4.78 is 0. The van der Waals surface area contributed by atoms with Crippen molar-refractivity contribution in [2.75, 3.05) is 19.4 Å². The molecule has 0 spiro atoms. The number of carbonyl (C=O) groups is 1. The van der Waals surface area contributed by atoms with Gasteiger partial charge in [0.25, 0.3) is 0 Å². The number of hydrogen-bond donors (Lipinski definition) is 1. The van der Waals surface area contributed by atoms with Crippen LogP contribution in [-0.2, 0) is 0 Å². The van der Waals surface area contributed by atoms with Crippen LogP contribution in [0.4, 0.5) is 10.5 Å². The fourth-order valence-electron chi connectivity index (χ4n) is 1.69. The Labute approximate surface area is 107 Å². The maximum absolute atomic E-state index is 11.7. The predicted octanol–water partition coefficient (Wildman–Crippen LogP) is 3.45. The highest BCUT2D eigenvalue weighted by Gasteiger charge is 2.08. The highest BCUT2D eigenvalue weighted by Crippen LogP contribution is 2.27. The van der Waals surface area contributed by atoms with Crippen molar-refractivity contribution in [1.29, 1.82) is 0 Å². The lowest BCUT2D eigenvalue weighted by molar-refractivity contribution is 0.230. The van der Waals surface area contributed by atoms with Gasteiger partial charge in [-0.2, -0.15) is 0 Å². The van der Waals surface area contributed by atoms with Gasteiger partial charge in [0.1, 0.15) is 0 Å². The van der Waals surface area contributed by atoms with Gasteiger partial charge in [0.2, 0.25) is 0 Å². The average molecular weight is 240 g/mol. The topological polar surface area (TPSA) is 32.3 Å². The first-order valence-corrected chi connectivity index (χ1v) is 5.81. The first kappa shape index (κ1) is 12.2. The molecule has 1 N–H and O–H groups in total. The van der Waals surface area contributed by atoms with Crippen LogP contribution in [0.15, 0.2) is 54.6 Å². The van der Waals surface area contributed by atoms with Crippen molar-refractivity contribution in [3.8, 4) is 11.1 Å². The van der Waals surface area contributed by atoms with Crippen molar-refractivity contribution in [3.05, 3.63) is 54.6 Å². The number of benzene rings is 2. The zero-order valence-electron chi connectivity index (χ0n) is 10.6. The summed E-state index contributed by atoms with van der Waals surface area (Å²) in [6.07, 6.45) is 0. The predicted molar refractivity (Wildman–Crippen MR) is 74.6 cm³/mol. The van der Waals surface area contributed by atoms with E-state index in [9.17, 15) is 4.79 Å². The van der Waals surface area contributed by atoms with Crippen LogP contribution < -0.4 is 5.32 Å². The SMILES string of the molecule is CN(C)C(=O)Nc1ccccc1-c1ccccc1. The Hall–Kier alpha value is -2.29. The van der Waals surface area contributed by atoms with Crippen molar-refractivity contribution >= 4 is 11.7 Å². The normalized spacial score (nSPS) is 9.89. The van der Waals surface area contributed by atoms with Crippen molar-refractivity contribution in [2.45, 2.75) is 0 Å². The number of nitrogens with zero attached hydrogens (tertiary/aromatic N) is 1. The highest BCUT2D eigenvalue weighted by atomic mass is 16.2. The standard InChI is InChI=1S/C15H16N2O/c1-17(2)15(18)16-14-11-7-6-10-13(14)12-8-4-3-5-9-12/h3-11H,1-2H3,(H,16,18). The molecule has 2 rings (SSSR count). The quantitative estimate of drug-likeness (QED) is 0.856. The van der Waals surface area contributed by atoms with Crippen LogP contribution in [0.5, 0.6) is 0 Å². The molecule has 0 aliphatic heterocycles. The summed E-state index contributed by atoms with van der Waals surface area (Å²) in [5.74, 6) is 0. The van der Waals surface area contributed by atoms with Gasteiger partial charge in [-0.25, -0.2) is 4.79 Å². The molecule has 0 saturated heterocycles. The van der Waals surface area contributed by atoms with E-state index in [0.29, 0.717) is 0 Å². The number of amides is 2. The Bertz CT molecular complexity index is 535.